The highest BCUT2D eigenvalue weighted by molar-refractivity contribution is 9.11. The van der Waals surface area contributed by atoms with Gasteiger partial charge in [0.25, 0.3) is 0 Å². The normalized spacial score (nSPS) is 16.6. The van der Waals surface area contributed by atoms with E-state index < -0.39 is 28.9 Å². The lowest BCUT2D eigenvalue weighted by molar-refractivity contribution is -0.254. The summed E-state index contributed by atoms with van der Waals surface area (Å²) in [6.45, 7) is 2.17. The average molecular weight is 857 g/mol. The summed E-state index contributed by atoms with van der Waals surface area (Å²) < 4.78 is 93.6. The van der Waals surface area contributed by atoms with Crippen LogP contribution in [0.25, 0.3) is 40.4 Å². The lowest BCUT2D eigenvalue weighted by atomic mass is 9.95. The van der Waals surface area contributed by atoms with E-state index in [0.29, 0.717) is 24.4 Å². The predicted molar refractivity (Wildman–Crippen MR) is 189 cm³/mol. The molecule has 0 saturated carbocycles. The Morgan fingerprint density at radius 3 is 1.78 bits per heavy atom. The molecule has 0 N–H and O–H groups in total. The van der Waals surface area contributed by atoms with Crippen LogP contribution in [0.2, 0.25) is 0 Å². The fourth-order valence-electron chi connectivity index (χ4n) is 4.75. The SMILES string of the molecule is CCc1cccs1.FC1(F)C(c2csc(-c3ccc(Br)s3)c2)=C(c2cc(-c3ccc(Br)s3)sc2-c2cccs2)C(F)(F)C1(F)F. The summed E-state index contributed by atoms with van der Waals surface area (Å²) in [6.07, 6.45) is 1.18. The molecule has 0 aliphatic heterocycles. The Morgan fingerprint density at radius 1 is 0.622 bits per heavy atom. The number of hydrogen-bond acceptors (Lipinski definition) is 6. The van der Waals surface area contributed by atoms with E-state index in [-0.39, 0.29) is 16.0 Å². The van der Waals surface area contributed by atoms with Crippen LogP contribution in [0, 0.1) is 0 Å². The molecule has 0 nitrogen and oxygen atoms in total. The number of allylic oxidation sites excluding steroid dienone is 2. The van der Waals surface area contributed by atoms with Crippen molar-refractivity contribution in [1.29, 1.82) is 0 Å². The van der Waals surface area contributed by atoms with Crippen molar-refractivity contribution in [2.24, 2.45) is 0 Å². The van der Waals surface area contributed by atoms with Gasteiger partial charge in [0.15, 0.2) is 0 Å². The number of aryl methyl sites for hydroxylation is 1. The van der Waals surface area contributed by atoms with E-state index in [1.807, 2.05) is 11.3 Å². The van der Waals surface area contributed by atoms with Crippen LogP contribution < -0.4 is 0 Å². The van der Waals surface area contributed by atoms with Crippen LogP contribution in [-0.2, 0) is 6.42 Å². The number of hydrogen-bond donors (Lipinski definition) is 0. The zero-order valence-electron chi connectivity index (χ0n) is 22.7. The quantitative estimate of drug-likeness (QED) is 0.146. The Bertz CT molecular complexity index is 1960. The van der Waals surface area contributed by atoms with Crippen molar-refractivity contribution in [2.75, 3.05) is 0 Å². The lowest BCUT2D eigenvalue weighted by Gasteiger charge is -2.25. The molecule has 0 amide bonds. The van der Waals surface area contributed by atoms with Crippen molar-refractivity contribution in [3.05, 3.63) is 100 Å². The molecule has 0 atom stereocenters. The van der Waals surface area contributed by atoms with Gasteiger partial charge in [-0.1, -0.05) is 19.1 Å². The maximum Gasteiger partial charge on any atom is 0.380 e. The van der Waals surface area contributed by atoms with Gasteiger partial charge in [-0.3, -0.25) is 0 Å². The molecule has 0 saturated heterocycles. The zero-order valence-corrected chi connectivity index (χ0v) is 30.8. The van der Waals surface area contributed by atoms with Crippen LogP contribution in [0.3, 0.4) is 0 Å². The molecular formula is C31H18Br2F6S6. The average Bonchev–Trinajstić information content (AvgIpc) is 3.83. The van der Waals surface area contributed by atoms with Gasteiger partial charge >= 0.3 is 17.8 Å². The van der Waals surface area contributed by atoms with Crippen molar-refractivity contribution >= 4 is 111 Å². The molecule has 0 spiro atoms. The fourth-order valence-corrected chi connectivity index (χ4v) is 11.3. The van der Waals surface area contributed by atoms with Crippen LogP contribution >= 0.6 is 99.9 Å². The molecule has 0 aromatic carbocycles. The number of alkyl halides is 6. The minimum Gasteiger partial charge on any atom is -0.194 e. The summed E-state index contributed by atoms with van der Waals surface area (Å²) in [5.74, 6) is -15.8. The molecule has 6 aromatic rings. The third-order valence-corrected chi connectivity index (χ3v) is 14.6. The molecule has 0 unspecified atom stereocenters. The van der Waals surface area contributed by atoms with Gasteiger partial charge in [-0.2, -0.15) is 26.3 Å². The highest BCUT2D eigenvalue weighted by Gasteiger charge is 2.80. The Hall–Kier alpha value is -1.52. The van der Waals surface area contributed by atoms with Crippen LogP contribution in [0.1, 0.15) is 22.9 Å². The minimum absolute atomic E-state index is 0.248. The molecule has 6 aromatic heterocycles. The molecule has 45 heavy (non-hydrogen) atoms. The van der Waals surface area contributed by atoms with E-state index in [4.69, 9.17) is 0 Å². The minimum atomic E-state index is -5.61. The summed E-state index contributed by atoms with van der Waals surface area (Å²) in [6, 6.07) is 17.3. The molecule has 1 aliphatic carbocycles. The van der Waals surface area contributed by atoms with Crippen LogP contribution in [-0.4, -0.2) is 17.8 Å². The summed E-state index contributed by atoms with van der Waals surface area (Å²) in [5.41, 5.74) is -3.30. The Morgan fingerprint density at radius 2 is 1.24 bits per heavy atom. The first-order chi connectivity index (χ1) is 21.3. The molecule has 234 valence electrons. The van der Waals surface area contributed by atoms with E-state index in [1.165, 1.54) is 62.8 Å². The summed E-state index contributed by atoms with van der Waals surface area (Å²) >= 11 is 14.6. The van der Waals surface area contributed by atoms with Crippen molar-refractivity contribution in [3.63, 3.8) is 0 Å². The van der Waals surface area contributed by atoms with Gasteiger partial charge in [-0.25, -0.2) is 0 Å². The summed E-state index contributed by atoms with van der Waals surface area (Å²) in [4.78, 5) is 4.70. The van der Waals surface area contributed by atoms with Gasteiger partial charge in [0, 0.05) is 46.0 Å². The second-order valence-corrected chi connectivity index (χ2v) is 18.5. The Balaban J connectivity index is 0.000000452. The number of halogens is 8. The van der Waals surface area contributed by atoms with E-state index in [0.717, 1.165) is 30.2 Å². The van der Waals surface area contributed by atoms with Gasteiger partial charge < -0.3 is 0 Å². The van der Waals surface area contributed by atoms with Crippen LogP contribution in [0.5, 0.6) is 0 Å². The number of thiophene rings is 6. The van der Waals surface area contributed by atoms with Gasteiger partial charge in [-0.15, -0.1) is 68.0 Å². The second kappa shape index (κ2) is 12.8. The third kappa shape index (κ3) is 6.03. The predicted octanol–water partition coefficient (Wildman–Crippen LogP) is 14.7. The van der Waals surface area contributed by atoms with E-state index in [1.54, 1.807) is 41.8 Å². The van der Waals surface area contributed by atoms with Crippen LogP contribution in [0.15, 0.2) is 84.4 Å². The molecule has 0 radical (unpaired) electrons. The number of rotatable bonds is 6. The standard InChI is InChI=1S/C25H10Br2F6S5.C6H8S/c26-18-5-3-13(36-18)16-8-11(10-35-16)20-21(24(30,31)25(32,33)23(20,28)29)12-9-17(14-4-6-19(27)37-14)38-22(12)15-2-1-7-34-15;1-2-6-4-3-5-7-6/h1-10H;3-5H,2H2,1H3. The highest BCUT2D eigenvalue weighted by atomic mass is 79.9. The monoisotopic (exact) mass is 854 g/mol. The summed E-state index contributed by atoms with van der Waals surface area (Å²) in [7, 11) is 0. The van der Waals surface area contributed by atoms with Gasteiger partial charge in [-0.05, 0) is 109 Å². The first-order valence-electron chi connectivity index (χ1n) is 13.0. The first-order valence-corrected chi connectivity index (χ1v) is 19.7. The van der Waals surface area contributed by atoms with Gasteiger partial charge in [0.2, 0.25) is 0 Å². The van der Waals surface area contributed by atoms with Gasteiger partial charge in [0.05, 0.1) is 12.4 Å². The molecule has 7 rings (SSSR count). The van der Waals surface area contributed by atoms with Crippen molar-refractivity contribution in [2.45, 2.75) is 31.1 Å². The lowest BCUT2D eigenvalue weighted by Crippen LogP contribution is -2.48. The highest BCUT2D eigenvalue weighted by Crippen LogP contribution is 2.66. The van der Waals surface area contributed by atoms with Crippen molar-refractivity contribution in [3.8, 4) is 29.3 Å². The largest absolute Gasteiger partial charge is 0.380 e. The molecular weight excluding hydrogens is 839 g/mol. The van der Waals surface area contributed by atoms with Crippen molar-refractivity contribution < 1.29 is 26.3 Å². The second-order valence-electron chi connectivity index (χ2n) is 9.64. The van der Waals surface area contributed by atoms with E-state index in [2.05, 4.69) is 56.3 Å². The third-order valence-electron chi connectivity index (χ3n) is 6.86. The smallest absolute Gasteiger partial charge is 0.194 e. The van der Waals surface area contributed by atoms with E-state index in [9.17, 15) is 8.78 Å². The Kier molecular flexibility index (Phi) is 9.52. The van der Waals surface area contributed by atoms with Crippen LogP contribution in [0.4, 0.5) is 26.3 Å². The molecule has 6 heterocycles. The topological polar surface area (TPSA) is 0 Å². The van der Waals surface area contributed by atoms with E-state index >= 15 is 17.6 Å². The van der Waals surface area contributed by atoms with Crippen molar-refractivity contribution in [1.82, 2.24) is 0 Å². The first kappa shape index (κ1) is 33.4. The zero-order chi connectivity index (χ0) is 32.1. The molecule has 1 aliphatic rings. The molecule has 0 fully saturated rings. The maximum absolute atomic E-state index is 15.6. The molecule has 14 heteroatoms. The Labute approximate surface area is 295 Å². The molecule has 0 bridgehead atoms. The van der Waals surface area contributed by atoms with Gasteiger partial charge in [0.1, 0.15) is 0 Å². The maximum atomic E-state index is 15.6. The summed E-state index contributed by atoms with van der Waals surface area (Å²) in [5, 5.41) is 5.08. The fraction of sp³-hybridized carbons (Fsp3) is 0.161.